The predicted molar refractivity (Wildman–Crippen MR) is 100 cm³/mol. The first-order valence-electron chi connectivity index (χ1n) is 8.85. The number of hydrogen-bond acceptors (Lipinski definition) is 5. The van der Waals surface area contributed by atoms with E-state index in [1.807, 2.05) is 30.3 Å². The van der Waals surface area contributed by atoms with Crippen molar-refractivity contribution in [3.8, 4) is 17.2 Å². The molecule has 27 heavy (non-hydrogen) atoms. The summed E-state index contributed by atoms with van der Waals surface area (Å²) >= 11 is 0. The molecule has 0 radical (unpaired) electrons. The van der Waals surface area contributed by atoms with E-state index in [0.29, 0.717) is 37.0 Å². The standard InChI is InChI=1S/C20H22N2O5/c23-19(9-11-25-16-4-2-1-3-5-16)21-10-8-20(24)22-15-6-7-17-18(14-15)27-13-12-26-17/h1-7,14H,8-13H2,(H,21,23)(H,22,24). The van der Waals surface area contributed by atoms with Gasteiger partial charge in [-0.2, -0.15) is 0 Å². The molecular formula is C20H22N2O5. The molecule has 7 nitrogen and oxygen atoms in total. The van der Waals surface area contributed by atoms with E-state index in [1.165, 1.54) is 0 Å². The second kappa shape index (κ2) is 9.47. The highest BCUT2D eigenvalue weighted by molar-refractivity contribution is 5.91. The number of para-hydroxylation sites is 1. The predicted octanol–water partition coefficient (Wildman–Crippen LogP) is 2.37. The monoisotopic (exact) mass is 370 g/mol. The molecule has 0 atom stereocenters. The van der Waals surface area contributed by atoms with Gasteiger partial charge in [0.05, 0.1) is 13.0 Å². The third kappa shape index (κ3) is 5.91. The molecule has 0 saturated heterocycles. The van der Waals surface area contributed by atoms with Crippen LogP contribution in [0.2, 0.25) is 0 Å². The normalized spacial score (nSPS) is 12.1. The van der Waals surface area contributed by atoms with Crippen LogP contribution in [-0.4, -0.2) is 38.2 Å². The molecule has 0 fully saturated rings. The van der Waals surface area contributed by atoms with Gasteiger partial charge in [-0.25, -0.2) is 0 Å². The summed E-state index contributed by atoms with van der Waals surface area (Å²) in [7, 11) is 0. The Hall–Kier alpha value is -3.22. The van der Waals surface area contributed by atoms with Gasteiger partial charge in [0, 0.05) is 24.7 Å². The summed E-state index contributed by atoms with van der Waals surface area (Å²) in [5.41, 5.74) is 0.631. The molecule has 2 aromatic carbocycles. The van der Waals surface area contributed by atoms with Gasteiger partial charge in [0.25, 0.3) is 0 Å². The fraction of sp³-hybridized carbons (Fsp3) is 0.300. The van der Waals surface area contributed by atoms with Crippen molar-refractivity contribution in [1.29, 1.82) is 0 Å². The molecule has 0 saturated carbocycles. The zero-order valence-corrected chi connectivity index (χ0v) is 14.9. The van der Waals surface area contributed by atoms with Crippen LogP contribution < -0.4 is 24.8 Å². The fourth-order valence-corrected chi connectivity index (χ4v) is 2.53. The maximum atomic E-state index is 12.0. The van der Waals surface area contributed by atoms with Crippen LogP contribution in [0.1, 0.15) is 12.8 Å². The maximum Gasteiger partial charge on any atom is 0.226 e. The largest absolute Gasteiger partial charge is 0.493 e. The van der Waals surface area contributed by atoms with E-state index in [1.54, 1.807) is 18.2 Å². The van der Waals surface area contributed by atoms with Gasteiger partial charge >= 0.3 is 0 Å². The van der Waals surface area contributed by atoms with Crippen molar-refractivity contribution in [3.63, 3.8) is 0 Å². The summed E-state index contributed by atoms with van der Waals surface area (Å²) in [4.78, 5) is 23.8. The molecule has 0 aliphatic carbocycles. The first kappa shape index (κ1) is 18.6. The molecule has 0 aromatic heterocycles. The Kier molecular flexibility index (Phi) is 6.51. The van der Waals surface area contributed by atoms with Gasteiger partial charge < -0.3 is 24.8 Å². The molecule has 1 aliphatic heterocycles. The quantitative estimate of drug-likeness (QED) is 0.745. The van der Waals surface area contributed by atoms with Crippen LogP contribution in [0.4, 0.5) is 5.69 Å². The summed E-state index contributed by atoms with van der Waals surface area (Å²) in [6.07, 6.45) is 0.415. The van der Waals surface area contributed by atoms with Crippen molar-refractivity contribution >= 4 is 17.5 Å². The number of carbonyl (C=O) groups excluding carboxylic acids is 2. The average Bonchev–Trinajstić information content (AvgIpc) is 2.69. The van der Waals surface area contributed by atoms with Crippen LogP contribution in [0.15, 0.2) is 48.5 Å². The highest BCUT2D eigenvalue weighted by Crippen LogP contribution is 2.32. The lowest BCUT2D eigenvalue weighted by Gasteiger charge is -2.19. The third-order valence-corrected chi connectivity index (χ3v) is 3.84. The summed E-state index contributed by atoms with van der Waals surface area (Å²) in [6, 6.07) is 14.6. The lowest BCUT2D eigenvalue weighted by atomic mass is 10.2. The topological polar surface area (TPSA) is 85.9 Å². The lowest BCUT2D eigenvalue weighted by Crippen LogP contribution is -2.28. The number of carbonyl (C=O) groups is 2. The lowest BCUT2D eigenvalue weighted by molar-refractivity contribution is -0.121. The van der Waals surface area contributed by atoms with E-state index in [0.717, 1.165) is 5.75 Å². The molecule has 1 heterocycles. The second-order valence-electron chi connectivity index (χ2n) is 5.92. The van der Waals surface area contributed by atoms with Crippen LogP contribution in [-0.2, 0) is 9.59 Å². The molecule has 7 heteroatoms. The highest BCUT2D eigenvalue weighted by atomic mass is 16.6. The van der Waals surface area contributed by atoms with Crippen LogP contribution in [0.5, 0.6) is 17.2 Å². The Balaban J connectivity index is 1.32. The number of hydrogen-bond donors (Lipinski definition) is 2. The van der Waals surface area contributed by atoms with E-state index in [4.69, 9.17) is 14.2 Å². The molecule has 3 rings (SSSR count). The molecule has 2 N–H and O–H groups in total. The van der Waals surface area contributed by atoms with Crippen molar-refractivity contribution in [2.24, 2.45) is 0 Å². The number of anilines is 1. The van der Waals surface area contributed by atoms with E-state index in [-0.39, 0.29) is 31.2 Å². The summed E-state index contributed by atoms with van der Waals surface area (Å²) < 4.78 is 16.4. The van der Waals surface area contributed by atoms with Gasteiger partial charge in [-0.15, -0.1) is 0 Å². The van der Waals surface area contributed by atoms with Crippen molar-refractivity contribution < 1.29 is 23.8 Å². The first-order valence-corrected chi connectivity index (χ1v) is 8.85. The molecule has 2 amide bonds. The number of nitrogens with one attached hydrogen (secondary N) is 2. The van der Waals surface area contributed by atoms with E-state index >= 15 is 0 Å². The molecule has 1 aliphatic rings. The van der Waals surface area contributed by atoms with Gasteiger partial charge in [0.1, 0.15) is 19.0 Å². The Morgan fingerprint density at radius 3 is 2.52 bits per heavy atom. The molecule has 142 valence electrons. The number of amides is 2. The van der Waals surface area contributed by atoms with Gasteiger partial charge in [0.15, 0.2) is 11.5 Å². The Bertz CT molecular complexity index is 779. The van der Waals surface area contributed by atoms with Crippen LogP contribution in [0.3, 0.4) is 0 Å². The molecular weight excluding hydrogens is 348 g/mol. The van der Waals surface area contributed by atoms with Gasteiger partial charge in [0.2, 0.25) is 11.8 Å². The molecule has 0 bridgehead atoms. The fourth-order valence-electron chi connectivity index (χ4n) is 2.53. The minimum atomic E-state index is -0.187. The Morgan fingerprint density at radius 2 is 1.70 bits per heavy atom. The minimum Gasteiger partial charge on any atom is -0.493 e. The minimum absolute atomic E-state index is 0.155. The number of benzene rings is 2. The summed E-state index contributed by atoms with van der Waals surface area (Å²) in [5.74, 6) is 1.67. The van der Waals surface area contributed by atoms with Crippen molar-refractivity contribution in [2.75, 3.05) is 31.7 Å². The zero-order valence-electron chi connectivity index (χ0n) is 14.9. The molecule has 0 spiro atoms. The van der Waals surface area contributed by atoms with Gasteiger partial charge in [-0.1, -0.05) is 18.2 Å². The van der Waals surface area contributed by atoms with Crippen molar-refractivity contribution in [1.82, 2.24) is 5.32 Å². The second-order valence-corrected chi connectivity index (χ2v) is 5.92. The summed E-state index contributed by atoms with van der Waals surface area (Å²) in [5, 5.41) is 5.49. The Morgan fingerprint density at radius 1 is 0.926 bits per heavy atom. The number of fused-ring (bicyclic) bond motifs is 1. The highest BCUT2D eigenvalue weighted by Gasteiger charge is 2.13. The van der Waals surface area contributed by atoms with Crippen molar-refractivity contribution in [3.05, 3.63) is 48.5 Å². The number of ether oxygens (including phenoxy) is 3. The Labute approximate surface area is 157 Å². The first-order chi connectivity index (χ1) is 13.2. The van der Waals surface area contributed by atoms with E-state index < -0.39 is 0 Å². The SMILES string of the molecule is O=C(CCOc1ccccc1)NCCC(=O)Nc1ccc2c(c1)OCCO2. The number of rotatable bonds is 8. The van der Waals surface area contributed by atoms with E-state index in [2.05, 4.69) is 10.6 Å². The van der Waals surface area contributed by atoms with Crippen LogP contribution >= 0.6 is 0 Å². The average molecular weight is 370 g/mol. The zero-order chi connectivity index (χ0) is 18.9. The molecule has 2 aromatic rings. The van der Waals surface area contributed by atoms with Gasteiger partial charge in [-0.05, 0) is 24.3 Å². The van der Waals surface area contributed by atoms with Crippen LogP contribution in [0.25, 0.3) is 0 Å². The third-order valence-electron chi connectivity index (χ3n) is 3.84. The summed E-state index contributed by atoms with van der Waals surface area (Å²) in [6.45, 7) is 1.57. The van der Waals surface area contributed by atoms with Crippen LogP contribution in [0, 0.1) is 0 Å². The van der Waals surface area contributed by atoms with Gasteiger partial charge in [-0.3, -0.25) is 9.59 Å². The smallest absolute Gasteiger partial charge is 0.226 e. The maximum absolute atomic E-state index is 12.0. The van der Waals surface area contributed by atoms with Crippen molar-refractivity contribution in [2.45, 2.75) is 12.8 Å². The van der Waals surface area contributed by atoms with E-state index in [9.17, 15) is 9.59 Å². The molecule has 0 unspecified atom stereocenters.